The van der Waals surface area contributed by atoms with Crippen LogP contribution in [0.25, 0.3) is 0 Å². The predicted octanol–water partition coefficient (Wildman–Crippen LogP) is 6.24. The van der Waals surface area contributed by atoms with Crippen molar-refractivity contribution in [2.45, 2.75) is 91.3 Å². The van der Waals surface area contributed by atoms with Gasteiger partial charge in [-0.2, -0.15) is 0 Å². The molecule has 2 fully saturated rings. The van der Waals surface area contributed by atoms with Crippen LogP contribution in [0.4, 0.5) is 0 Å². The summed E-state index contributed by atoms with van der Waals surface area (Å²) in [5, 5.41) is 0. The molecule has 2 heteroatoms. The molecule has 0 spiro atoms. The topological polar surface area (TPSA) is 9.23 Å². The van der Waals surface area contributed by atoms with Crippen LogP contribution in [0, 0.1) is 23.2 Å². The van der Waals surface area contributed by atoms with Gasteiger partial charge in [-0.25, -0.2) is 0 Å². The molecule has 2 rings (SSSR count). The lowest BCUT2D eigenvalue weighted by Gasteiger charge is -2.46. The molecule has 0 saturated heterocycles. The van der Waals surface area contributed by atoms with Gasteiger partial charge in [0.15, 0.2) is 0 Å². The molecule has 0 radical (unpaired) electrons. The van der Waals surface area contributed by atoms with E-state index < -0.39 is 0 Å². The summed E-state index contributed by atoms with van der Waals surface area (Å²) in [5.74, 6) is 2.60. The van der Waals surface area contributed by atoms with Gasteiger partial charge in [0, 0.05) is 4.43 Å². The van der Waals surface area contributed by atoms with Crippen LogP contribution in [0.1, 0.15) is 79.6 Å². The van der Waals surface area contributed by atoms with Crippen molar-refractivity contribution in [1.29, 1.82) is 0 Å². The molecular weight excluding hydrogens is 371 g/mol. The second-order valence-corrected chi connectivity index (χ2v) is 9.73. The van der Waals surface area contributed by atoms with Crippen molar-refractivity contribution < 1.29 is 4.74 Å². The molecule has 1 nitrogen and oxygen atoms in total. The van der Waals surface area contributed by atoms with E-state index in [1.807, 2.05) is 0 Å². The highest BCUT2D eigenvalue weighted by molar-refractivity contribution is 14.1. The smallest absolute Gasteiger partial charge is 0.0775 e. The molecule has 21 heavy (non-hydrogen) atoms. The fourth-order valence-electron chi connectivity index (χ4n) is 4.25. The van der Waals surface area contributed by atoms with Crippen LogP contribution in [0.5, 0.6) is 0 Å². The lowest BCUT2D eigenvalue weighted by atomic mass is 9.68. The number of halogens is 1. The second kappa shape index (κ2) is 7.07. The summed E-state index contributed by atoms with van der Waals surface area (Å²) < 4.78 is 7.91. The first-order chi connectivity index (χ1) is 9.76. The average molecular weight is 406 g/mol. The van der Waals surface area contributed by atoms with Crippen LogP contribution in [0.3, 0.4) is 0 Å². The van der Waals surface area contributed by atoms with Crippen molar-refractivity contribution in [3.8, 4) is 0 Å². The zero-order valence-electron chi connectivity index (χ0n) is 14.8. The molecule has 3 atom stereocenters. The van der Waals surface area contributed by atoms with Gasteiger partial charge in [0.2, 0.25) is 0 Å². The van der Waals surface area contributed by atoms with E-state index in [4.69, 9.17) is 4.74 Å². The number of hydrogen-bond donors (Lipinski definition) is 0. The minimum absolute atomic E-state index is 0.188. The van der Waals surface area contributed by atoms with E-state index in [0.717, 1.165) is 17.8 Å². The fourth-order valence-corrected chi connectivity index (χ4v) is 5.19. The Bertz CT molecular complexity index is 325. The van der Waals surface area contributed by atoms with E-state index in [0.29, 0.717) is 11.5 Å². The summed E-state index contributed by atoms with van der Waals surface area (Å²) in [5.41, 5.74) is 0.652. The predicted molar refractivity (Wildman–Crippen MR) is 100 cm³/mol. The largest absolute Gasteiger partial charge is 0.371 e. The molecule has 2 aliphatic carbocycles. The molecule has 2 aliphatic rings. The third-order valence-electron chi connectivity index (χ3n) is 6.33. The van der Waals surface area contributed by atoms with Crippen LogP contribution in [0.2, 0.25) is 0 Å². The molecule has 0 aromatic carbocycles. The molecule has 0 heterocycles. The first kappa shape index (κ1) is 18.0. The van der Waals surface area contributed by atoms with Gasteiger partial charge in [0.25, 0.3) is 0 Å². The maximum absolute atomic E-state index is 6.74. The van der Waals surface area contributed by atoms with Crippen LogP contribution < -0.4 is 0 Å². The SMILES string of the molecule is CC1CCC(OC2(CI)CCC(C(C)(C)C)CC2)CC1C. The summed E-state index contributed by atoms with van der Waals surface area (Å²) in [6.07, 6.45) is 9.70. The van der Waals surface area contributed by atoms with Gasteiger partial charge in [-0.15, -0.1) is 0 Å². The average Bonchev–Trinajstić information content (AvgIpc) is 2.42. The van der Waals surface area contributed by atoms with Gasteiger partial charge in [-0.1, -0.05) is 57.2 Å². The third kappa shape index (κ3) is 4.59. The van der Waals surface area contributed by atoms with Crippen LogP contribution in [-0.4, -0.2) is 16.1 Å². The lowest BCUT2D eigenvalue weighted by Crippen LogP contribution is -2.45. The molecule has 3 unspecified atom stereocenters. The Morgan fingerprint density at radius 2 is 1.62 bits per heavy atom. The Balaban J connectivity index is 1.91. The number of ether oxygens (including phenoxy) is 1. The monoisotopic (exact) mass is 406 g/mol. The van der Waals surface area contributed by atoms with E-state index in [9.17, 15) is 0 Å². The summed E-state index contributed by atoms with van der Waals surface area (Å²) in [6, 6.07) is 0. The lowest BCUT2D eigenvalue weighted by molar-refractivity contribution is -0.127. The molecule has 124 valence electrons. The van der Waals surface area contributed by atoms with E-state index in [1.54, 1.807) is 0 Å². The van der Waals surface area contributed by atoms with E-state index >= 15 is 0 Å². The second-order valence-electron chi connectivity index (χ2n) is 8.96. The van der Waals surface area contributed by atoms with Crippen molar-refractivity contribution in [3.63, 3.8) is 0 Å². The molecule has 0 amide bonds. The summed E-state index contributed by atoms with van der Waals surface area (Å²) in [7, 11) is 0. The molecule has 0 N–H and O–H groups in total. The van der Waals surface area contributed by atoms with Crippen molar-refractivity contribution >= 4 is 22.6 Å². The summed E-state index contributed by atoms with van der Waals surface area (Å²) >= 11 is 2.57. The minimum Gasteiger partial charge on any atom is -0.371 e. The van der Waals surface area contributed by atoms with E-state index in [2.05, 4.69) is 57.2 Å². The van der Waals surface area contributed by atoms with Gasteiger partial charge >= 0.3 is 0 Å². The van der Waals surface area contributed by atoms with Crippen molar-refractivity contribution in [1.82, 2.24) is 0 Å². The van der Waals surface area contributed by atoms with E-state index in [-0.39, 0.29) is 5.60 Å². The zero-order chi connectivity index (χ0) is 15.7. The Hall–Kier alpha value is 0.690. The maximum Gasteiger partial charge on any atom is 0.0775 e. The van der Waals surface area contributed by atoms with Gasteiger partial charge in [0.05, 0.1) is 11.7 Å². The quantitative estimate of drug-likeness (QED) is 0.398. The molecule has 0 bridgehead atoms. The van der Waals surface area contributed by atoms with Crippen molar-refractivity contribution in [2.24, 2.45) is 23.2 Å². The van der Waals surface area contributed by atoms with Crippen LogP contribution >= 0.6 is 22.6 Å². The van der Waals surface area contributed by atoms with Gasteiger partial charge in [-0.05, 0) is 68.1 Å². The number of alkyl halides is 1. The molecule has 0 aliphatic heterocycles. The van der Waals surface area contributed by atoms with Gasteiger partial charge < -0.3 is 4.74 Å². The number of hydrogen-bond acceptors (Lipinski definition) is 1. The van der Waals surface area contributed by atoms with E-state index in [1.165, 1.54) is 49.4 Å². The fraction of sp³-hybridized carbons (Fsp3) is 1.00. The molecule has 0 aromatic heterocycles. The normalized spacial score (nSPS) is 42.0. The van der Waals surface area contributed by atoms with Gasteiger partial charge in [-0.3, -0.25) is 0 Å². The number of rotatable bonds is 3. The van der Waals surface area contributed by atoms with Crippen molar-refractivity contribution in [2.75, 3.05) is 4.43 Å². The Morgan fingerprint density at radius 1 is 1.00 bits per heavy atom. The highest BCUT2D eigenvalue weighted by atomic mass is 127. The highest BCUT2D eigenvalue weighted by Crippen LogP contribution is 2.45. The molecule has 0 aromatic rings. The van der Waals surface area contributed by atoms with Crippen LogP contribution in [0.15, 0.2) is 0 Å². The standard InChI is InChI=1S/C19H35IO/c1-14-6-7-17(12-15(14)2)21-19(13-20)10-8-16(9-11-19)18(3,4)5/h14-17H,6-13H2,1-5H3. The molecular formula is C19H35IO. The highest BCUT2D eigenvalue weighted by Gasteiger charge is 2.41. The third-order valence-corrected chi connectivity index (χ3v) is 7.72. The Kier molecular flexibility index (Phi) is 6.07. The minimum atomic E-state index is 0.188. The molecule has 2 saturated carbocycles. The maximum atomic E-state index is 6.74. The van der Waals surface area contributed by atoms with Gasteiger partial charge in [0.1, 0.15) is 0 Å². The van der Waals surface area contributed by atoms with Crippen LogP contribution in [-0.2, 0) is 4.74 Å². The first-order valence-electron chi connectivity index (χ1n) is 8.99. The summed E-state index contributed by atoms with van der Waals surface area (Å²) in [4.78, 5) is 0. The Morgan fingerprint density at radius 3 is 2.10 bits per heavy atom. The summed E-state index contributed by atoms with van der Waals surface area (Å²) in [6.45, 7) is 12.0. The first-order valence-corrected chi connectivity index (χ1v) is 10.5. The van der Waals surface area contributed by atoms with Crippen molar-refractivity contribution in [3.05, 3.63) is 0 Å². The zero-order valence-corrected chi connectivity index (χ0v) is 16.9. The Labute approximate surface area is 146 Å².